The number of rotatable bonds is 6. The van der Waals surface area contributed by atoms with E-state index in [1.165, 1.54) is 13.3 Å². The van der Waals surface area contributed by atoms with E-state index >= 15 is 0 Å². The van der Waals surface area contributed by atoms with Crippen LogP contribution in [0.4, 0.5) is 0 Å². The molecule has 1 rings (SSSR count). The second kappa shape index (κ2) is 5.39. The van der Waals surface area contributed by atoms with Gasteiger partial charge in [-0.25, -0.2) is 13.1 Å². The molecule has 0 spiro atoms. The van der Waals surface area contributed by atoms with Crippen molar-refractivity contribution in [3.05, 3.63) is 11.9 Å². The third-order valence-electron chi connectivity index (χ3n) is 1.98. The molecule has 0 bridgehead atoms. The molecule has 1 unspecified atom stereocenters. The molecule has 92 valence electrons. The standard InChI is InChI=1S/C8H15N3O4S/c1-6-8(3-9-10-6)16(13,14)11-7(4-12)5-15-2/h3,7,11-12H,4-5H2,1-2H3,(H,9,10). The highest BCUT2D eigenvalue weighted by Crippen LogP contribution is 2.11. The summed E-state index contributed by atoms with van der Waals surface area (Å²) in [6.45, 7) is 1.38. The third-order valence-corrected chi connectivity index (χ3v) is 3.62. The number of nitrogens with zero attached hydrogens (tertiary/aromatic N) is 1. The predicted octanol–water partition coefficient (Wildman–Crippen LogP) is -0.996. The van der Waals surface area contributed by atoms with Crippen molar-refractivity contribution >= 4 is 10.0 Å². The lowest BCUT2D eigenvalue weighted by Gasteiger charge is -2.14. The van der Waals surface area contributed by atoms with Gasteiger partial charge in [-0.1, -0.05) is 0 Å². The molecular weight excluding hydrogens is 234 g/mol. The van der Waals surface area contributed by atoms with Crippen LogP contribution in [-0.4, -0.2) is 50.1 Å². The Morgan fingerprint density at radius 2 is 2.38 bits per heavy atom. The van der Waals surface area contributed by atoms with Crippen molar-refractivity contribution in [2.45, 2.75) is 17.9 Å². The smallest absolute Gasteiger partial charge is 0.244 e. The quantitative estimate of drug-likeness (QED) is 0.600. The van der Waals surface area contributed by atoms with Crippen LogP contribution in [0.5, 0.6) is 0 Å². The minimum atomic E-state index is -3.66. The van der Waals surface area contributed by atoms with Gasteiger partial charge in [-0.2, -0.15) is 5.10 Å². The summed E-state index contributed by atoms with van der Waals surface area (Å²) in [6, 6.07) is -0.663. The first kappa shape index (κ1) is 13.1. The van der Waals surface area contributed by atoms with Crippen LogP contribution in [0.2, 0.25) is 0 Å². The first-order valence-corrected chi connectivity index (χ1v) is 6.11. The highest BCUT2D eigenvalue weighted by Gasteiger charge is 2.22. The monoisotopic (exact) mass is 249 g/mol. The van der Waals surface area contributed by atoms with Gasteiger partial charge in [0.05, 0.1) is 31.1 Å². The van der Waals surface area contributed by atoms with E-state index in [1.807, 2.05) is 0 Å². The van der Waals surface area contributed by atoms with E-state index in [0.717, 1.165) is 0 Å². The Kier molecular flexibility index (Phi) is 4.42. The topological polar surface area (TPSA) is 104 Å². The van der Waals surface area contributed by atoms with Gasteiger partial charge in [-0.15, -0.1) is 0 Å². The van der Waals surface area contributed by atoms with Gasteiger partial charge in [0.25, 0.3) is 0 Å². The van der Waals surface area contributed by atoms with Crippen molar-refractivity contribution in [2.24, 2.45) is 0 Å². The van der Waals surface area contributed by atoms with Gasteiger partial charge in [-0.3, -0.25) is 5.10 Å². The lowest BCUT2D eigenvalue weighted by atomic mass is 10.4. The van der Waals surface area contributed by atoms with E-state index in [4.69, 9.17) is 9.84 Å². The first-order chi connectivity index (χ1) is 7.51. The Bertz CT molecular complexity index is 428. The molecule has 7 nitrogen and oxygen atoms in total. The van der Waals surface area contributed by atoms with Crippen LogP contribution in [0.3, 0.4) is 0 Å². The number of hydrogen-bond donors (Lipinski definition) is 3. The third kappa shape index (κ3) is 3.01. The van der Waals surface area contributed by atoms with E-state index in [0.29, 0.717) is 5.69 Å². The summed E-state index contributed by atoms with van der Waals surface area (Å²) >= 11 is 0. The van der Waals surface area contributed by atoms with Crippen LogP contribution < -0.4 is 4.72 Å². The van der Waals surface area contributed by atoms with Gasteiger partial charge >= 0.3 is 0 Å². The summed E-state index contributed by atoms with van der Waals surface area (Å²) in [5, 5.41) is 15.1. The number of hydrogen-bond acceptors (Lipinski definition) is 5. The molecule has 1 heterocycles. The number of aromatic nitrogens is 2. The molecule has 0 aromatic carbocycles. The number of aromatic amines is 1. The number of aliphatic hydroxyl groups excluding tert-OH is 1. The van der Waals surface area contributed by atoms with Crippen LogP contribution >= 0.6 is 0 Å². The maximum absolute atomic E-state index is 11.8. The fraction of sp³-hybridized carbons (Fsp3) is 0.625. The molecule has 0 saturated carbocycles. The zero-order valence-electron chi connectivity index (χ0n) is 9.10. The van der Waals surface area contributed by atoms with E-state index in [2.05, 4.69) is 14.9 Å². The summed E-state index contributed by atoms with van der Waals surface area (Å²) in [7, 11) is -2.23. The Balaban J connectivity index is 2.83. The Morgan fingerprint density at radius 3 is 2.81 bits per heavy atom. The number of nitrogens with one attached hydrogen (secondary N) is 2. The molecule has 1 aromatic heterocycles. The van der Waals surface area contributed by atoms with E-state index in [1.54, 1.807) is 6.92 Å². The fourth-order valence-electron chi connectivity index (χ4n) is 1.22. The van der Waals surface area contributed by atoms with Crippen LogP contribution in [0.1, 0.15) is 5.69 Å². The van der Waals surface area contributed by atoms with Crippen molar-refractivity contribution in [3.8, 4) is 0 Å². The molecule has 1 atom stereocenters. The molecule has 0 saturated heterocycles. The van der Waals surface area contributed by atoms with Crippen molar-refractivity contribution in [1.82, 2.24) is 14.9 Å². The van der Waals surface area contributed by atoms with Crippen molar-refractivity contribution in [1.29, 1.82) is 0 Å². The molecule has 8 heteroatoms. The second-order valence-corrected chi connectivity index (χ2v) is 5.00. The molecule has 0 radical (unpaired) electrons. The van der Waals surface area contributed by atoms with Crippen LogP contribution in [-0.2, 0) is 14.8 Å². The van der Waals surface area contributed by atoms with Gasteiger partial charge < -0.3 is 9.84 Å². The Hall–Kier alpha value is -0.960. The van der Waals surface area contributed by atoms with Crippen molar-refractivity contribution < 1.29 is 18.3 Å². The molecule has 0 fully saturated rings. The SMILES string of the molecule is COCC(CO)NS(=O)(=O)c1cn[nH]c1C. The zero-order valence-corrected chi connectivity index (χ0v) is 9.91. The van der Waals surface area contributed by atoms with Gasteiger partial charge in [0.1, 0.15) is 4.90 Å². The highest BCUT2D eigenvalue weighted by molar-refractivity contribution is 7.89. The van der Waals surface area contributed by atoms with E-state index < -0.39 is 16.1 Å². The molecule has 0 aliphatic rings. The predicted molar refractivity (Wildman–Crippen MR) is 56.4 cm³/mol. The molecule has 0 aliphatic heterocycles. The average molecular weight is 249 g/mol. The summed E-state index contributed by atoms with van der Waals surface area (Å²) in [4.78, 5) is 0.0713. The normalized spacial score (nSPS) is 13.9. The number of H-pyrrole nitrogens is 1. The molecular formula is C8H15N3O4S. The van der Waals surface area contributed by atoms with E-state index in [-0.39, 0.29) is 18.1 Å². The summed E-state index contributed by atoms with van der Waals surface area (Å²) in [6.07, 6.45) is 1.22. The number of ether oxygens (including phenoxy) is 1. The lowest BCUT2D eigenvalue weighted by Crippen LogP contribution is -2.40. The fourth-order valence-corrected chi connectivity index (χ4v) is 2.57. The van der Waals surface area contributed by atoms with Gasteiger partial charge in [0, 0.05) is 7.11 Å². The number of methoxy groups -OCH3 is 1. The van der Waals surface area contributed by atoms with Gasteiger partial charge in [-0.05, 0) is 6.92 Å². The Labute approximate surface area is 93.9 Å². The number of aliphatic hydroxyl groups is 1. The minimum absolute atomic E-state index is 0.0713. The van der Waals surface area contributed by atoms with Crippen LogP contribution in [0.15, 0.2) is 11.1 Å². The molecule has 3 N–H and O–H groups in total. The molecule has 1 aromatic rings. The zero-order chi connectivity index (χ0) is 12.2. The maximum Gasteiger partial charge on any atom is 0.244 e. The number of sulfonamides is 1. The van der Waals surface area contributed by atoms with Gasteiger partial charge in [0.2, 0.25) is 10.0 Å². The summed E-state index contributed by atoms with van der Waals surface area (Å²) < 4.78 is 30.7. The largest absolute Gasteiger partial charge is 0.395 e. The average Bonchev–Trinajstić information content (AvgIpc) is 2.64. The van der Waals surface area contributed by atoms with Crippen LogP contribution in [0.25, 0.3) is 0 Å². The Morgan fingerprint density at radius 1 is 1.69 bits per heavy atom. The van der Waals surface area contributed by atoms with Crippen molar-refractivity contribution in [2.75, 3.05) is 20.3 Å². The summed E-state index contributed by atoms with van der Waals surface area (Å²) in [5.74, 6) is 0. The molecule has 16 heavy (non-hydrogen) atoms. The lowest BCUT2D eigenvalue weighted by molar-refractivity contribution is 0.139. The van der Waals surface area contributed by atoms with Crippen LogP contribution in [0, 0.1) is 6.92 Å². The van der Waals surface area contributed by atoms with E-state index in [9.17, 15) is 8.42 Å². The molecule has 0 amide bonds. The van der Waals surface area contributed by atoms with Crippen molar-refractivity contribution in [3.63, 3.8) is 0 Å². The minimum Gasteiger partial charge on any atom is -0.395 e. The maximum atomic E-state index is 11.8. The van der Waals surface area contributed by atoms with Gasteiger partial charge in [0.15, 0.2) is 0 Å². The number of aryl methyl sites for hydroxylation is 1. The molecule has 0 aliphatic carbocycles. The second-order valence-electron chi connectivity index (χ2n) is 3.32. The summed E-state index contributed by atoms with van der Waals surface area (Å²) in [5.41, 5.74) is 0.446. The highest BCUT2D eigenvalue weighted by atomic mass is 32.2. The first-order valence-electron chi connectivity index (χ1n) is 4.63.